The molecule has 0 amide bonds. The third kappa shape index (κ3) is 3.94. The molecule has 20 heavy (non-hydrogen) atoms. The van der Waals surface area contributed by atoms with E-state index in [1.54, 1.807) is 19.1 Å². The summed E-state index contributed by atoms with van der Waals surface area (Å²) < 4.78 is 36.2. The van der Waals surface area contributed by atoms with Crippen LogP contribution in [0.15, 0.2) is 27.6 Å². The highest BCUT2D eigenvalue weighted by molar-refractivity contribution is 9.10. The monoisotopic (exact) mass is 365 g/mol. The van der Waals surface area contributed by atoms with Crippen molar-refractivity contribution in [1.82, 2.24) is 4.31 Å². The molecule has 0 aliphatic rings. The number of halogens is 1. The summed E-state index contributed by atoms with van der Waals surface area (Å²) in [6, 6.07) is 4.69. The Hall–Kier alpha value is -1.12. The van der Waals surface area contributed by atoms with Gasteiger partial charge >= 0.3 is 5.97 Å². The summed E-state index contributed by atoms with van der Waals surface area (Å²) in [6.45, 7) is 1.73. The minimum absolute atomic E-state index is 0.000119. The second-order valence-corrected chi connectivity index (χ2v) is 6.79. The number of carbonyl (C=O) groups excluding carboxylic acids is 1. The fourth-order valence-corrected chi connectivity index (χ4v) is 3.24. The Bertz CT molecular complexity index is 588. The summed E-state index contributed by atoms with van der Waals surface area (Å²) in [6.07, 6.45) is 0. The van der Waals surface area contributed by atoms with E-state index in [4.69, 9.17) is 4.74 Å². The number of methoxy groups -OCH3 is 1. The predicted octanol–water partition coefficient (Wildman–Crippen LogP) is 1.64. The highest BCUT2D eigenvalue weighted by Gasteiger charge is 2.27. The van der Waals surface area contributed by atoms with Crippen LogP contribution in [0, 0.1) is 0 Å². The highest BCUT2D eigenvalue weighted by atomic mass is 79.9. The van der Waals surface area contributed by atoms with Crippen LogP contribution < -0.4 is 4.74 Å². The molecule has 0 unspecified atom stereocenters. The number of hydrogen-bond donors (Lipinski definition) is 0. The molecule has 8 heteroatoms. The Morgan fingerprint density at radius 2 is 2.05 bits per heavy atom. The maximum absolute atomic E-state index is 12.4. The van der Waals surface area contributed by atoms with Crippen molar-refractivity contribution in [3.05, 3.63) is 22.7 Å². The van der Waals surface area contributed by atoms with E-state index in [1.807, 2.05) is 0 Å². The van der Waals surface area contributed by atoms with Crippen molar-refractivity contribution in [1.29, 1.82) is 0 Å². The van der Waals surface area contributed by atoms with Crippen LogP contribution in [0.5, 0.6) is 5.75 Å². The van der Waals surface area contributed by atoms with E-state index in [0.717, 1.165) is 4.31 Å². The first kappa shape index (κ1) is 16.9. The first-order chi connectivity index (χ1) is 9.32. The molecule has 0 heterocycles. The average Bonchev–Trinajstić information content (AvgIpc) is 2.40. The quantitative estimate of drug-likeness (QED) is 0.716. The van der Waals surface area contributed by atoms with Gasteiger partial charge in [0, 0.05) is 11.5 Å². The Labute approximate surface area is 126 Å². The summed E-state index contributed by atoms with van der Waals surface area (Å²) in [4.78, 5) is 11.2. The molecule has 0 atom stereocenters. The fraction of sp³-hybridized carbons (Fsp3) is 0.417. The van der Waals surface area contributed by atoms with Gasteiger partial charge in [0.1, 0.15) is 17.2 Å². The van der Waals surface area contributed by atoms with Crippen LogP contribution in [0.25, 0.3) is 0 Å². The zero-order valence-electron chi connectivity index (χ0n) is 11.4. The van der Waals surface area contributed by atoms with Crippen LogP contribution in [-0.4, -0.2) is 46.0 Å². The second kappa shape index (κ2) is 7.05. The fourth-order valence-electron chi connectivity index (χ4n) is 1.46. The zero-order valence-corrected chi connectivity index (χ0v) is 13.8. The van der Waals surface area contributed by atoms with Crippen molar-refractivity contribution < 1.29 is 22.7 Å². The largest absolute Gasteiger partial charge is 0.492 e. The maximum atomic E-state index is 12.4. The van der Waals surface area contributed by atoms with E-state index < -0.39 is 16.0 Å². The Morgan fingerprint density at radius 3 is 2.60 bits per heavy atom. The van der Waals surface area contributed by atoms with Crippen molar-refractivity contribution >= 4 is 31.9 Å². The molecule has 0 aromatic heterocycles. The molecule has 6 nitrogen and oxygen atoms in total. The van der Waals surface area contributed by atoms with E-state index >= 15 is 0 Å². The highest BCUT2D eigenvalue weighted by Crippen LogP contribution is 2.29. The normalized spacial score (nSPS) is 11.4. The molecule has 1 aromatic rings. The smallest absolute Gasteiger partial charge is 0.321 e. The molecule has 0 aliphatic heterocycles. The van der Waals surface area contributed by atoms with Crippen molar-refractivity contribution in [3.8, 4) is 5.75 Å². The second-order valence-electron chi connectivity index (χ2n) is 3.86. The van der Waals surface area contributed by atoms with Gasteiger partial charge in [-0.15, -0.1) is 0 Å². The number of benzene rings is 1. The third-order valence-electron chi connectivity index (χ3n) is 2.47. The molecule has 1 rings (SSSR count). The minimum atomic E-state index is -3.84. The molecule has 0 N–H and O–H groups in total. The number of esters is 1. The molecule has 0 saturated carbocycles. The first-order valence-electron chi connectivity index (χ1n) is 5.78. The number of hydrogen-bond acceptors (Lipinski definition) is 5. The van der Waals surface area contributed by atoms with E-state index in [0.29, 0.717) is 11.1 Å². The van der Waals surface area contributed by atoms with Crippen molar-refractivity contribution in [2.24, 2.45) is 0 Å². The predicted molar refractivity (Wildman–Crippen MR) is 77.1 cm³/mol. The van der Waals surface area contributed by atoms with E-state index in [1.165, 1.54) is 20.2 Å². The number of nitrogens with zero attached hydrogens (tertiary/aromatic N) is 1. The molecular weight excluding hydrogens is 350 g/mol. The topological polar surface area (TPSA) is 72.9 Å². The van der Waals surface area contributed by atoms with Crippen LogP contribution in [0.3, 0.4) is 0 Å². The van der Waals surface area contributed by atoms with Gasteiger partial charge in [0.2, 0.25) is 10.0 Å². The number of ether oxygens (including phenoxy) is 2. The van der Waals surface area contributed by atoms with E-state index in [-0.39, 0.29) is 17.2 Å². The van der Waals surface area contributed by atoms with Gasteiger partial charge in [-0.05, 0) is 25.1 Å². The van der Waals surface area contributed by atoms with Gasteiger partial charge in [-0.1, -0.05) is 15.9 Å². The van der Waals surface area contributed by atoms with Gasteiger partial charge in [0.05, 0.1) is 13.7 Å². The molecular formula is C12H16BrNO5S. The first-order valence-corrected chi connectivity index (χ1v) is 8.01. The van der Waals surface area contributed by atoms with Gasteiger partial charge in [0.15, 0.2) is 0 Å². The standard InChI is InChI=1S/C12H16BrNO5S/c1-4-19-10-6-5-9(13)7-11(10)20(16,17)14(2)8-12(15)18-3/h5-7H,4,8H2,1-3H3. The number of carbonyl (C=O) groups is 1. The lowest BCUT2D eigenvalue weighted by atomic mass is 10.3. The van der Waals surface area contributed by atoms with Crippen LogP contribution in [0.1, 0.15) is 6.92 Å². The lowest BCUT2D eigenvalue weighted by Crippen LogP contribution is -2.33. The Kier molecular flexibility index (Phi) is 5.97. The maximum Gasteiger partial charge on any atom is 0.321 e. The van der Waals surface area contributed by atoms with Crippen LogP contribution in [0.2, 0.25) is 0 Å². The van der Waals surface area contributed by atoms with E-state index in [2.05, 4.69) is 20.7 Å². The summed E-state index contributed by atoms with van der Waals surface area (Å²) in [7, 11) is -1.33. The van der Waals surface area contributed by atoms with Crippen molar-refractivity contribution in [3.63, 3.8) is 0 Å². The zero-order chi connectivity index (χ0) is 15.3. The van der Waals surface area contributed by atoms with Gasteiger partial charge in [-0.2, -0.15) is 4.31 Å². The molecule has 0 bridgehead atoms. The summed E-state index contributed by atoms with van der Waals surface area (Å²) in [5.74, 6) is -0.392. The van der Waals surface area contributed by atoms with Crippen molar-refractivity contribution in [2.75, 3.05) is 27.3 Å². The Morgan fingerprint density at radius 1 is 1.40 bits per heavy atom. The average molecular weight is 366 g/mol. The van der Waals surface area contributed by atoms with Crippen LogP contribution >= 0.6 is 15.9 Å². The van der Waals surface area contributed by atoms with Gasteiger partial charge < -0.3 is 9.47 Å². The number of sulfonamides is 1. The van der Waals surface area contributed by atoms with Crippen LogP contribution in [-0.2, 0) is 19.6 Å². The van der Waals surface area contributed by atoms with Crippen molar-refractivity contribution in [2.45, 2.75) is 11.8 Å². The summed E-state index contributed by atoms with van der Waals surface area (Å²) in [5, 5.41) is 0. The van der Waals surface area contributed by atoms with Gasteiger partial charge in [-0.25, -0.2) is 8.42 Å². The minimum Gasteiger partial charge on any atom is -0.492 e. The number of likely N-dealkylation sites (N-methyl/N-ethyl adjacent to an activating group) is 1. The lowest BCUT2D eigenvalue weighted by Gasteiger charge is -2.18. The SMILES string of the molecule is CCOc1ccc(Br)cc1S(=O)(=O)N(C)CC(=O)OC. The number of rotatable bonds is 6. The molecule has 0 radical (unpaired) electrons. The van der Waals surface area contributed by atoms with E-state index in [9.17, 15) is 13.2 Å². The molecule has 0 spiro atoms. The summed E-state index contributed by atoms with van der Waals surface area (Å²) >= 11 is 3.22. The Balaban J connectivity index is 3.20. The van der Waals surface area contributed by atoms with Gasteiger partial charge in [-0.3, -0.25) is 4.79 Å². The van der Waals surface area contributed by atoms with Gasteiger partial charge in [0.25, 0.3) is 0 Å². The molecule has 0 aliphatic carbocycles. The third-order valence-corrected chi connectivity index (χ3v) is 4.79. The molecule has 1 aromatic carbocycles. The molecule has 0 fully saturated rings. The molecule has 0 saturated heterocycles. The lowest BCUT2D eigenvalue weighted by molar-refractivity contribution is -0.140. The van der Waals surface area contributed by atoms with Crippen LogP contribution in [0.4, 0.5) is 0 Å². The molecule has 112 valence electrons. The summed E-state index contributed by atoms with van der Waals surface area (Å²) in [5.41, 5.74) is 0.